The van der Waals surface area contributed by atoms with Crippen LogP contribution in [0.15, 0.2) is 72.3 Å². The largest absolute Gasteiger partial charge is 0.457 e. The highest BCUT2D eigenvalue weighted by molar-refractivity contribution is 7.80. The Labute approximate surface area is 224 Å². The molecule has 2 amide bonds. The number of carbonyl (C=O) groups excluding carboxylic acids is 2. The van der Waals surface area contributed by atoms with Crippen LogP contribution in [0.25, 0.3) is 16.2 Å². The normalized spacial score (nSPS) is 16.7. The zero-order valence-electron chi connectivity index (χ0n) is 20.2. The van der Waals surface area contributed by atoms with Crippen molar-refractivity contribution in [2.45, 2.75) is 32.6 Å². The van der Waals surface area contributed by atoms with Gasteiger partial charge in [0.1, 0.15) is 17.1 Å². The number of para-hydroxylation sites is 1. The Hall–Kier alpha value is -3.81. The van der Waals surface area contributed by atoms with E-state index in [1.807, 2.05) is 30.3 Å². The number of hydrogen-bond donors (Lipinski definition) is 1. The van der Waals surface area contributed by atoms with Crippen LogP contribution >= 0.6 is 23.6 Å². The van der Waals surface area contributed by atoms with Gasteiger partial charge < -0.3 is 4.74 Å². The van der Waals surface area contributed by atoms with Crippen LogP contribution in [0.2, 0.25) is 0 Å². The molecule has 1 N–H and O–H groups in total. The summed E-state index contributed by atoms with van der Waals surface area (Å²) < 4.78 is 7.04. The summed E-state index contributed by atoms with van der Waals surface area (Å²) in [6, 6.07) is 21.1. The van der Waals surface area contributed by atoms with E-state index in [0.29, 0.717) is 11.4 Å². The van der Waals surface area contributed by atoms with E-state index in [2.05, 4.69) is 24.4 Å². The molecule has 0 spiro atoms. The molecule has 1 aliphatic heterocycles. The Bertz CT molecular complexity index is 1590. The second-order valence-electron chi connectivity index (χ2n) is 9.28. The highest BCUT2D eigenvalue weighted by atomic mass is 32.1. The first kappa shape index (κ1) is 23.6. The lowest BCUT2D eigenvalue weighted by molar-refractivity contribution is -0.122. The number of anilines is 1. The van der Waals surface area contributed by atoms with Gasteiger partial charge in [-0.3, -0.25) is 19.8 Å². The summed E-state index contributed by atoms with van der Waals surface area (Å²) in [5.41, 5.74) is 4.55. The molecule has 6 rings (SSSR count). The highest BCUT2D eigenvalue weighted by Gasteiger charge is 2.35. The minimum atomic E-state index is -0.480. The molecule has 0 bridgehead atoms. The molecular formula is C30H24N2O3S2. The first-order chi connectivity index (χ1) is 18.0. The number of carbonyl (C=O) groups is 2. The number of aryl methyl sites for hydroxylation is 3. The van der Waals surface area contributed by atoms with Crippen molar-refractivity contribution in [1.82, 2.24) is 5.32 Å². The van der Waals surface area contributed by atoms with Crippen molar-refractivity contribution in [3.63, 3.8) is 0 Å². The van der Waals surface area contributed by atoms with Crippen LogP contribution < -0.4 is 15.0 Å². The molecule has 7 heteroatoms. The number of benzene rings is 3. The van der Waals surface area contributed by atoms with Gasteiger partial charge in [-0.1, -0.05) is 18.2 Å². The summed E-state index contributed by atoms with van der Waals surface area (Å²) in [6.07, 6.45) is 6.38. The highest BCUT2D eigenvalue weighted by Crippen LogP contribution is 2.37. The van der Waals surface area contributed by atoms with Gasteiger partial charge in [-0.15, -0.1) is 11.3 Å². The number of nitrogens with zero attached hydrogens (tertiary/aromatic N) is 1. The number of nitrogens with one attached hydrogen (secondary N) is 1. The quantitative estimate of drug-likeness (QED) is 0.183. The van der Waals surface area contributed by atoms with Crippen LogP contribution in [0.5, 0.6) is 11.5 Å². The maximum Gasteiger partial charge on any atom is 0.270 e. The van der Waals surface area contributed by atoms with E-state index in [4.69, 9.17) is 17.0 Å². The van der Waals surface area contributed by atoms with Gasteiger partial charge in [-0.25, -0.2) is 0 Å². The summed E-state index contributed by atoms with van der Waals surface area (Å²) in [5, 5.41) is 3.94. The second-order valence-corrected chi connectivity index (χ2v) is 10.8. The van der Waals surface area contributed by atoms with E-state index in [0.717, 1.165) is 29.0 Å². The second kappa shape index (κ2) is 9.57. The number of thiocarbonyl (C=S) groups is 1. The molecule has 2 heterocycles. The molecule has 184 valence electrons. The van der Waals surface area contributed by atoms with Crippen LogP contribution in [-0.4, -0.2) is 16.9 Å². The number of amides is 2. The molecule has 0 radical (unpaired) electrons. The van der Waals surface area contributed by atoms with Gasteiger partial charge in [0.05, 0.1) is 5.69 Å². The van der Waals surface area contributed by atoms with Crippen LogP contribution in [-0.2, 0) is 22.4 Å². The lowest BCUT2D eigenvalue weighted by atomic mass is 9.90. The van der Waals surface area contributed by atoms with E-state index in [1.54, 1.807) is 41.7 Å². The lowest BCUT2D eigenvalue weighted by Crippen LogP contribution is -2.54. The van der Waals surface area contributed by atoms with E-state index in [-0.39, 0.29) is 10.7 Å². The van der Waals surface area contributed by atoms with Crippen molar-refractivity contribution in [2.75, 3.05) is 4.90 Å². The standard InChI is InChI=1S/C30H24N2O3S2/c1-18-24-15-19-7-5-6-8-20(19)16-27(24)37-26(18)17-25-28(33)31-30(36)32(29(25)34)21-11-13-23(14-12-21)35-22-9-3-2-4-10-22/h2-4,9-17H,5-8H2,1H3,(H,31,33,36). The third kappa shape index (κ3) is 4.45. The van der Waals surface area contributed by atoms with Crippen LogP contribution in [0.1, 0.15) is 34.4 Å². The molecule has 3 aromatic carbocycles. The summed E-state index contributed by atoms with van der Waals surface area (Å²) in [6.45, 7) is 2.06. The van der Waals surface area contributed by atoms with Crippen LogP contribution in [0.4, 0.5) is 5.69 Å². The Balaban J connectivity index is 1.31. The van der Waals surface area contributed by atoms with Crippen molar-refractivity contribution < 1.29 is 14.3 Å². The van der Waals surface area contributed by atoms with E-state index in [1.165, 1.54) is 39.0 Å². The Morgan fingerprint density at radius 1 is 0.946 bits per heavy atom. The molecular weight excluding hydrogens is 500 g/mol. The van der Waals surface area contributed by atoms with Gasteiger partial charge >= 0.3 is 0 Å². The number of hydrogen-bond acceptors (Lipinski definition) is 5. The zero-order valence-corrected chi connectivity index (χ0v) is 21.9. The minimum absolute atomic E-state index is 0.0598. The molecule has 4 aromatic rings. The molecule has 5 nitrogen and oxygen atoms in total. The summed E-state index contributed by atoms with van der Waals surface area (Å²) >= 11 is 6.99. The third-order valence-electron chi connectivity index (χ3n) is 6.89. The van der Waals surface area contributed by atoms with Gasteiger partial charge in [0.2, 0.25) is 0 Å². The zero-order chi connectivity index (χ0) is 25.5. The molecule has 1 aromatic heterocycles. The van der Waals surface area contributed by atoms with Crippen molar-refractivity contribution in [2.24, 2.45) is 0 Å². The average Bonchev–Trinajstić information content (AvgIpc) is 3.20. The van der Waals surface area contributed by atoms with Crippen LogP contribution in [0.3, 0.4) is 0 Å². The molecule has 1 aliphatic carbocycles. The topological polar surface area (TPSA) is 58.6 Å². The predicted molar refractivity (Wildman–Crippen MR) is 152 cm³/mol. The number of fused-ring (bicyclic) bond motifs is 2. The van der Waals surface area contributed by atoms with E-state index >= 15 is 0 Å². The molecule has 0 saturated carbocycles. The summed E-state index contributed by atoms with van der Waals surface area (Å²) in [7, 11) is 0. The molecule has 37 heavy (non-hydrogen) atoms. The molecule has 0 unspecified atom stereocenters. The summed E-state index contributed by atoms with van der Waals surface area (Å²) in [4.78, 5) is 28.7. The third-order valence-corrected chi connectivity index (χ3v) is 8.37. The Kier molecular flexibility index (Phi) is 6.10. The lowest BCUT2D eigenvalue weighted by Gasteiger charge is -2.29. The fraction of sp³-hybridized carbons (Fsp3) is 0.167. The maximum atomic E-state index is 13.5. The van der Waals surface area contributed by atoms with Gasteiger partial charge in [0.25, 0.3) is 11.8 Å². The van der Waals surface area contributed by atoms with Gasteiger partial charge in [-0.2, -0.15) is 0 Å². The fourth-order valence-electron chi connectivity index (χ4n) is 4.92. The first-order valence-electron chi connectivity index (χ1n) is 12.3. The fourth-order valence-corrected chi connectivity index (χ4v) is 6.40. The number of ether oxygens (including phenoxy) is 1. The van der Waals surface area contributed by atoms with Crippen LogP contribution in [0, 0.1) is 6.92 Å². The van der Waals surface area contributed by atoms with Crippen molar-refractivity contribution in [3.05, 3.63) is 93.9 Å². The Morgan fingerprint density at radius 3 is 2.35 bits per heavy atom. The predicted octanol–water partition coefficient (Wildman–Crippen LogP) is 6.71. The molecule has 2 aliphatic rings. The Morgan fingerprint density at radius 2 is 1.62 bits per heavy atom. The van der Waals surface area contributed by atoms with Gasteiger partial charge in [0.15, 0.2) is 5.11 Å². The number of thiophene rings is 1. The van der Waals surface area contributed by atoms with E-state index < -0.39 is 11.8 Å². The molecule has 0 atom stereocenters. The smallest absolute Gasteiger partial charge is 0.270 e. The molecule has 1 fully saturated rings. The average molecular weight is 525 g/mol. The van der Waals surface area contributed by atoms with Crippen molar-refractivity contribution in [1.29, 1.82) is 0 Å². The monoisotopic (exact) mass is 524 g/mol. The van der Waals surface area contributed by atoms with Gasteiger partial charge in [0, 0.05) is 9.58 Å². The first-order valence-corrected chi connectivity index (χ1v) is 13.5. The van der Waals surface area contributed by atoms with E-state index in [9.17, 15) is 9.59 Å². The maximum absolute atomic E-state index is 13.5. The minimum Gasteiger partial charge on any atom is -0.457 e. The SMILES string of the molecule is Cc1c(C=C2C(=O)NC(=S)N(c3ccc(Oc4ccccc4)cc3)C2=O)sc2cc3c(cc12)CCCC3. The molecule has 1 saturated heterocycles. The van der Waals surface area contributed by atoms with Gasteiger partial charge in [-0.05, 0) is 122 Å². The van der Waals surface area contributed by atoms with Crippen molar-refractivity contribution >= 4 is 62.3 Å². The number of rotatable bonds is 4. The van der Waals surface area contributed by atoms with Crippen molar-refractivity contribution in [3.8, 4) is 11.5 Å². The summed E-state index contributed by atoms with van der Waals surface area (Å²) in [5.74, 6) is 0.429.